The van der Waals surface area contributed by atoms with Crippen LogP contribution in [0.1, 0.15) is 25.7 Å². The summed E-state index contributed by atoms with van der Waals surface area (Å²) in [5.74, 6) is 0.385. The van der Waals surface area contributed by atoms with Gasteiger partial charge in [-0.1, -0.05) is 0 Å². The lowest BCUT2D eigenvalue weighted by Gasteiger charge is -2.23. The molecule has 4 nitrogen and oxygen atoms in total. The fourth-order valence-electron chi connectivity index (χ4n) is 1.66. The van der Waals surface area contributed by atoms with Gasteiger partial charge in [0.1, 0.15) is 5.76 Å². The molecular formula is C8H10O4S. The van der Waals surface area contributed by atoms with Crippen molar-refractivity contribution in [3.8, 4) is 0 Å². The van der Waals surface area contributed by atoms with E-state index >= 15 is 0 Å². The maximum absolute atomic E-state index is 11.3. The highest BCUT2D eigenvalue weighted by Crippen LogP contribution is 2.30. The summed E-state index contributed by atoms with van der Waals surface area (Å²) >= 11 is 0. The summed E-state index contributed by atoms with van der Waals surface area (Å²) in [4.78, 5) is 11.3. The first-order valence-corrected chi connectivity index (χ1v) is 5.83. The van der Waals surface area contributed by atoms with Crippen LogP contribution in [0.3, 0.4) is 0 Å². The summed E-state index contributed by atoms with van der Waals surface area (Å²) in [6, 6.07) is 0. The van der Waals surface area contributed by atoms with Gasteiger partial charge >= 0.3 is 10.1 Å². The van der Waals surface area contributed by atoms with Gasteiger partial charge in [-0.3, -0.25) is 4.79 Å². The predicted octanol–water partition coefficient (Wildman–Crippen LogP) is 0.744. The van der Waals surface area contributed by atoms with Gasteiger partial charge in [-0.25, -0.2) is 0 Å². The van der Waals surface area contributed by atoms with Gasteiger partial charge < -0.3 is 4.18 Å². The van der Waals surface area contributed by atoms with Gasteiger partial charge in [0.25, 0.3) is 0 Å². The molecule has 0 saturated carbocycles. The van der Waals surface area contributed by atoms with E-state index in [-0.39, 0.29) is 11.5 Å². The molecule has 0 N–H and O–H groups in total. The van der Waals surface area contributed by atoms with E-state index in [9.17, 15) is 13.2 Å². The van der Waals surface area contributed by atoms with Crippen LogP contribution in [0.25, 0.3) is 0 Å². The number of ketones is 1. The first kappa shape index (κ1) is 8.74. The SMILES string of the molecule is O=C1CCCC2=C1CCS(=O)(=O)O2. The molecule has 72 valence electrons. The van der Waals surface area contributed by atoms with Gasteiger partial charge in [0.2, 0.25) is 0 Å². The van der Waals surface area contributed by atoms with E-state index < -0.39 is 10.1 Å². The average Bonchev–Trinajstić information content (AvgIpc) is 2.02. The minimum Gasteiger partial charge on any atom is -0.387 e. The number of rotatable bonds is 0. The lowest BCUT2D eigenvalue weighted by atomic mass is 9.95. The Balaban J connectivity index is 2.37. The van der Waals surface area contributed by atoms with E-state index in [1.165, 1.54) is 0 Å². The molecule has 0 aromatic heterocycles. The van der Waals surface area contributed by atoms with Crippen LogP contribution in [-0.4, -0.2) is 20.0 Å². The van der Waals surface area contributed by atoms with Crippen LogP contribution in [0.4, 0.5) is 0 Å². The summed E-state index contributed by atoms with van der Waals surface area (Å²) in [5, 5.41) is 0. The average molecular weight is 202 g/mol. The quantitative estimate of drug-likeness (QED) is 0.544. The van der Waals surface area contributed by atoms with E-state index in [1.807, 2.05) is 0 Å². The second-order valence-electron chi connectivity index (χ2n) is 3.27. The fourth-order valence-corrected chi connectivity index (χ4v) is 2.69. The van der Waals surface area contributed by atoms with Crippen molar-refractivity contribution in [3.63, 3.8) is 0 Å². The van der Waals surface area contributed by atoms with Gasteiger partial charge in [0.15, 0.2) is 5.78 Å². The maximum atomic E-state index is 11.3. The summed E-state index contributed by atoms with van der Waals surface area (Å²) < 4.78 is 26.9. The lowest BCUT2D eigenvalue weighted by Crippen LogP contribution is -2.24. The van der Waals surface area contributed by atoms with E-state index in [0.717, 1.165) is 0 Å². The van der Waals surface area contributed by atoms with E-state index in [2.05, 4.69) is 0 Å². The summed E-state index contributed by atoms with van der Waals surface area (Å²) in [6.07, 6.45) is 2.15. The molecule has 0 fully saturated rings. The molecule has 0 radical (unpaired) electrons. The molecule has 1 aliphatic heterocycles. The Hall–Kier alpha value is -0.840. The third-order valence-electron chi connectivity index (χ3n) is 2.31. The van der Waals surface area contributed by atoms with Crippen LogP contribution >= 0.6 is 0 Å². The monoisotopic (exact) mass is 202 g/mol. The molecule has 1 heterocycles. The molecule has 1 aliphatic carbocycles. The Kier molecular flexibility index (Phi) is 1.91. The molecule has 13 heavy (non-hydrogen) atoms. The zero-order valence-electron chi connectivity index (χ0n) is 7.08. The highest BCUT2D eigenvalue weighted by Gasteiger charge is 2.30. The van der Waals surface area contributed by atoms with Crippen molar-refractivity contribution in [2.45, 2.75) is 25.7 Å². The molecule has 0 spiro atoms. The molecular weight excluding hydrogens is 192 g/mol. The number of Topliss-reactive ketones (excluding diaryl/α,β-unsaturated/α-hetero) is 1. The molecule has 0 amide bonds. The van der Waals surface area contributed by atoms with Crippen molar-refractivity contribution >= 4 is 15.9 Å². The van der Waals surface area contributed by atoms with Crippen LogP contribution in [0, 0.1) is 0 Å². The first-order valence-electron chi connectivity index (χ1n) is 4.26. The number of carbonyl (C=O) groups excluding carboxylic acids is 1. The summed E-state index contributed by atoms with van der Waals surface area (Å²) in [6.45, 7) is 0. The smallest absolute Gasteiger partial charge is 0.309 e. The van der Waals surface area contributed by atoms with Gasteiger partial charge in [-0.15, -0.1) is 0 Å². The third-order valence-corrected chi connectivity index (χ3v) is 3.47. The van der Waals surface area contributed by atoms with Gasteiger partial charge in [-0.2, -0.15) is 8.42 Å². The van der Waals surface area contributed by atoms with E-state index in [0.29, 0.717) is 37.0 Å². The molecule has 0 aromatic rings. The number of hydrogen-bond acceptors (Lipinski definition) is 4. The largest absolute Gasteiger partial charge is 0.387 e. The Morgan fingerprint density at radius 2 is 1.92 bits per heavy atom. The summed E-state index contributed by atoms with van der Waals surface area (Å²) in [5.41, 5.74) is 0.598. The molecule has 0 unspecified atom stereocenters. The van der Waals surface area contributed by atoms with Crippen LogP contribution in [0.2, 0.25) is 0 Å². The highest BCUT2D eigenvalue weighted by molar-refractivity contribution is 7.86. The Bertz CT molecular complexity index is 377. The molecule has 0 saturated heterocycles. The van der Waals surface area contributed by atoms with Crippen molar-refractivity contribution in [2.75, 3.05) is 5.75 Å². The van der Waals surface area contributed by atoms with Crippen LogP contribution in [0.5, 0.6) is 0 Å². The zero-order valence-corrected chi connectivity index (χ0v) is 7.89. The Labute approximate surface area is 76.7 Å². The molecule has 2 rings (SSSR count). The topological polar surface area (TPSA) is 60.4 Å². The van der Waals surface area contributed by atoms with Gasteiger partial charge in [-0.05, 0) is 12.8 Å². The van der Waals surface area contributed by atoms with Crippen LogP contribution in [0.15, 0.2) is 11.3 Å². The van der Waals surface area contributed by atoms with Gasteiger partial charge in [0, 0.05) is 18.4 Å². The predicted molar refractivity (Wildman–Crippen MR) is 45.4 cm³/mol. The second-order valence-corrected chi connectivity index (χ2v) is 4.96. The van der Waals surface area contributed by atoms with Gasteiger partial charge in [0.05, 0.1) is 5.75 Å². The fraction of sp³-hybridized carbons (Fsp3) is 0.625. The minimum absolute atomic E-state index is 0.0520. The standard InChI is InChI=1S/C8H10O4S/c9-7-2-1-3-8-6(7)4-5-13(10,11)12-8/h1-5H2. The Morgan fingerprint density at radius 3 is 2.69 bits per heavy atom. The highest BCUT2D eigenvalue weighted by atomic mass is 32.2. The van der Waals surface area contributed by atoms with Crippen molar-refractivity contribution < 1.29 is 17.4 Å². The maximum Gasteiger partial charge on any atom is 0.309 e. The van der Waals surface area contributed by atoms with Crippen molar-refractivity contribution in [3.05, 3.63) is 11.3 Å². The first-order chi connectivity index (χ1) is 6.08. The third kappa shape index (κ3) is 1.60. The number of allylic oxidation sites excluding steroid dienone is 2. The number of hydrogen-bond donors (Lipinski definition) is 0. The molecule has 0 bridgehead atoms. The summed E-state index contributed by atoms with van der Waals surface area (Å²) in [7, 11) is -3.39. The van der Waals surface area contributed by atoms with Crippen molar-refractivity contribution in [1.82, 2.24) is 0 Å². The van der Waals surface area contributed by atoms with E-state index in [1.54, 1.807) is 0 Å². The van der Waals surface area contributed by atoms with Crippen molar-refractivity contribution in [1.29, 1.82) is 0 Å². The second kappa shape index (κ2) is 2.83. The minimum atomic E-state index is -3.39. The molecule has 0 atom stereocenters. The molecule has 0 aromatic carbocycles. The van der Waals surface area contributed by atoms with Crippen LogP contribution in [-0.2, 0) is 19.1 Å². The molecule has 2 aliphatic rings. The zero-order chi connectivity index (χ0) is 9.47. The van der Waals surface area contributed by atoms with E-state index in [4.69, 9.17) is 4.18 Å². The normalized spacial score (nSPS) is 26.6. The Morgan fingerprint density at radius 1 is 1.15 bits per heavy atom. The lowest BCUT2D eigenvalue weighted by molar-refractivity contribution is -0.116. The van der Waals surface area contributed by atoms with Crippen LogP contribution < -0.4 is 0 Å². The number of carbonyl (C=O) groups is 1. The molecule has 5 heteroatoms. The van der Waals surface area contributed by atoms with Crippen molar-refractivity contribution in [2.24, 2.45) is 0 Å².